The Bertz CT molecular complexity index is 2110. The lowest BCUT2D eigenvalue weighted by atomic mass is 9.65. The number of hydrogen-bond acceptors (Lipinski definition) is 4. The van der Waals surface area contributed by atoms with E-state index in [1.165, 1.54) is 94.7 Å². The summed E-state index contributed by atoms with van der Waals surface area (Å²) in [4.78, 5) is 5.78. The molecule has 13 aliphatic rings. The van der Waals surface area contributed by atoms with Gasteiger partial charge in [-0.3, -0.25) is 0 Å². The number of rotatable bonds is 4. The fourth-order valence-corrected chi connectivity index (χ4v) is 15.3. The van der Waals surface area contributed by atoms with Crippen molar-refractivity contribution in [3.8, 4) is 0 Å². The van der Waals surface area contributed by atoms with Crippen molar-refractivity contribution in [2.24, 2.45) is 53.3 Å². The maximum Gasteiger partial charge on any atom is 0.148 e. The molecule has 15 atom stereocenters. The van der Waals surface area contributed by atoms with Crippen LogP contribution in [0.5, 0.6) is 0 Å². The van der Waals surface area contributed by atoms with Crippen molar-refractivity contribution in [3.63, 3.8) is 0 Å². The van der Waals surface area contributed by atoms with Crippen molar-refractivity contribution in [1.82, 2.24) is 15.1 Å². The van der Waals surface area contributed by atoms with Crippen molar-refractivity contribution >= 4 is 0 Å². The van der Waals surface area contributed by atoms with Crippen molar-refractivity contribution in [2.75, 3.05) is 0 Å². The Hall–Kier alpha value is -3.92. The maximum absolute atomic E-state index is 6.94. The number of allylic oxidation sites excluding steroid dienone is 14. The second-order valence-corrected chi connectivity index (χ2v) is 20.5. The molecule has 1 N–H and O–H groups in total. The average Bonchev–Trinajstić information content (AvgIpc) is 4.03. The molecule has 0 radical (unpaired) electrons. The zero-order chi connectivity index (χ0) is 37.9. The van der Waals surface area contributed by atoms with E-state index in [9.17, 15) is 0 Å². The van der Waals surface area contributed by atoms with Gasteiger partial charge in [-0.05, 0) is 167 Å². The molecule has 0 aromatic heterocycles. The lowest BCUT2D eigenvalue weighted by molar-refractivity contribution is 0.113. The van der Waals surface area contributed by atoms with Crippen LogP contribution in [0.25, 0.3) is 0 Å². The van der Waals surface area contributed by atoms with Crippen LogP contribution in [0, 0.1) is 53.3 Å². The summed E-state index contributed by atoms with van der Waals surface area (Å²) in [6.45, 7) is 0. The van der Waals surface area contributed by atoms with Gasteiger partial charge in [0.25, 0.3) is 0 Å². The van der Waals surface area contributed by atoms with Crippen LogP contribution in [0.15, 0.2) is 143 Å². The van der Waals surface area contributed by atoms with E-state index in [0.717, 1.165) is 18.6 Å². The predicted octanol–water partition coefficient (Wildman–Crippen LogP) is 11.1. The summed E-state index contributed by atoms with van der Waals surface area (Å²) in [5, 5.41) is 4.08. The molecule has 13 rings (SSSR count). The molecule has 9 aliphatic carbocycles. The molecule has 300 valence electrons. The molecule has 4 aliphatic heterocycles. The Balaban J connectivity index is 0.810. The van der Waals surface area contributed by atoms with Gasteiger partial charge in [-0.1, -0.05) is 85.1 Å². The molecule has 4 heterocycles. The van der Waals surface area contributed by atoms with E-state index in [0.29, 0.717) is 83.5 Å². The Morgan fingerprint density at radius 1 is 0.603 bits per heavy atom. The predicted molar refractivity (Wildman–Crippen MR) is 234 cm³/mol. The summed E-state index contributed by atoms with van der Waals surface area (Å²) in [6.07, 6.45) is 62.2. The van der Waals surface area contributed by atoms with Gasteiger partial charge in [0.05, 0.1) is 29.9 Å². The largest absolute Gasteiger partial charge is 0.483 e. The second kappa shape index (κ2) is 13.8. The molecule has 15 unspecified atom stereocenters. The lowest BCUT2D eigenvalue weighted by Crippen LogP contribution is -2.43. The van der Waals surface area contributed by atoms with Crippen LogP contribution in [0.1, 0.15) is 96.3 Å². The van der Waals surface area contributed by atoms with E-state index >= 15 is 0 Å². The van der Waals surface area contributed by atoms with Crippen LogP contribution in [0.3, 0.4) is 0 Å². The zero-order valence-electron chi connectivity index (χ0n) is 34.4. The Kier molecular flexibility index (Phi) is 8.31. The highest BCUT2D eigenvalue weighted by atomic mass is 16.5. The standard InChI is InChI=1S/C54H63N3O/c1-2-11-37(12-3-1)56-48-18-8-5-14-40(48)43-29-33(22-26-49(43)56)34-23-27-50-44(30-34)45-31-35(36-21-25-39-38-13-4-7-17-46(38)55-47(39)32-36)24-28-51(45)57(50)52-19-10-16-42-41-15-6-9-20-53(41)58-54(42)52/h1-2,8-11,16,18-21,23-25,27-29,33-36,39-40,42,44-45,47-51,54-55H,3-7,12-15,17,22,26,30-32H2. The molecule has 2 saturated heterocycles. The van der Waals surface area contributed by atoms with Crippen molar-refractivity contribution in [2.45, 2.75) is 133 Å². The lowest BCUT2D eigenvalue weighted by Gasteiger charge is -2.41. The fourth-order valence-electron chi connectivity index (χ4n) is 15.3. The van der Waals surface area contributed by atoms with E-state index in [1.807, 2.05) is 0 Å². The number of hydrogen-bond donors (Lipinski definition) is 1. The van der Waals surface area contributed by atoms with Crippen LogP contribution in [0.2, 0.25) is 0 Å². The quantitative estimate of drug-likeness (QED) is 0.288. The molecule has 0 aromatic rings. The van der Waals surface area contributed by atoms with E-state index in [1.54, 1.807) is 22.5 Å². The van der Waals surface area contributed by atoms with Crippen LogP contribution >= 0.6 is 0 Å². The van der Waals surface area contributed by atoms with Gasteiger partial charge in [0.1, 0.15) is 11.9 Å². The van der Waals surface area contributed by atoms with Gasteiger partial charge in [-0.25, -0.2) is 0 Å². The summed E-state index contributed by atoms with van der Waals surface area (Å²) in [5.41, 5.74) is 9.72. The topological polar surface area (TPSA) is 27.7 Å². The summed E-state index contributed by atoms with van der Waals surface area (Å²) in [6, 6.07) is 2.65. The monoisotopic (exact) mass is 769 g/mol. The number of fused-ring (bicyclic) bond motifs is 10. The minimum absolute atomic E-state index is 0.108. The molecule has 4 heteroatoms. The van der Waals surface area contributed by atoms with E-state index < -0.39 is 0 Å². The summed E-state index contributed by atoms with van der Waals surface area (Å²) in [7, 11) is 0. The number of ether oxygens (including phenoxy) is 1. The number of likely N-dealkylation sites (tertiary alicyclic amines) is 2. The zero-order valence-corrected chi connectivity index (χ0v) is 34.4. The third-order valence-electron chi connectivity index (χ3n) is 17.9. The van der Waals surface area contributed by atoms with E-state index in [-0.39, 0.29) is 6.10 Å². The summed E-state index contributed by atoms with van der Waals surface area (Å²) in [5.74, 6) is 6.76. The van der Waals surface area contributed by atoms with Crippen LogP contribution in [-0.4, -0.2) is 46.1 Å². The Labute approximate surface area is 347 Å². The summed E-state index contributed by atoms with van der Waals surface area (Å²) < 4.78 is 6.94. The first-order valence-corrected chi connectivity index (χ1v) is 24.0. The van der Waals surface area contributed by atoms with Gasteiger partial charge in [0.2, 0.25) is 0 Å². The van der Waals surface area contributed by atoms with Crippen LogP contribution in [0.4, 0.5) is 0 Å². The molecule has 2 fully saturated rings. The van der Waals surface area contributed by atoms with Gasteiger partial charge in [-0.15, -0.1) is 0 Å². The SMILES string of the molecule is C1=CCCC(N2C3CCC(C4C=CC5C(C4)C4CC(C6C=CC7C8=C(CCCC8)NC7C6)C=CC4N5C4=CC=CC5C6=C(C=CCC6)OC45)C=C3C3CCC=CC32)=C1. The Morgan fingerprint density at radius 3 is 2.31 bits per heavy atom. The molecular weight excluding hydrogens is 707 g/mol. The summed E-state index contributed by atoms with van der Waals surface area (Å²) >= 11 is 0. The van der Waals surface area contributed by atoms with E-state index in [4.69, 9.17) is 4.74 Å². The van der Waals surface area contributed by atoms with Gasteiger partial charge in [0.15, 0.2) is 0 Å². The van der Waals surface area contributed by atoms with Crippen molar-refractivity contribution < 1.29 is 4.74 Å². The highest BCUT2D eigenvalue weighted by Gasteiger charge is 2.55. The van der Waals surface area contributed by atoms with Gasteiger partial charge in [0, 0.05) is 35.2 Å². The average molecular weight is 770 g/mol. The van der Waals surface area contributed by atoms with Gasteiger partial charge < -0.3 is 19.9 Å². The van der Waals surface area contributed by atoms with Crippen LogP contribution in [-0.2, 0) is 4.74 Å². The van der Waals surface area contributed by atoms with Crippen LogP contribution < -0.4 is 5.32 Å². The highest BCUT2D eigenvalue weighted by Crippen LogP contribution is 2.56. The van der Waals surface area contributed by atoms with E-state index in [2.05, 4.69) is 118 Å². The van der Waals surface area contributed by atoms with Gasteiger partial charge >= 0.3 is 0 Å². The molecular formula is C54H63N3O. The maximum atomic E-state index is 6.94. The number of nitrogens with one attached hydrogen (secondary N) is 1. The molecule has 0 saturated carbocycles. The molecule has 0 spiro atoms. The molecule has 0 aromatic carbocycles. The molecule has 0 amide bonds. The third-order valence-corrected chi connectivity index (χ3v) is 17.9. The third kappa shape index (κ3) is 5.37. The highest BCUT2D eigenvalue weighted by molar-refractivity contribution is 5.43. The fraction of sp³-hybridized carbons (Fsp3) is 0.556. The number of nitrogens with zero attached hydrogens (tertiary/aromatic N) is 2. The second-order valence-electron chi connectivity index (χ2n) is 20.5. The molecule has 4 nitrogen and oxygen atoms in total. The molecule has 58 heavy (non-hydrogen) atoms. The Morgan fingerprint density at radius 2 is 1.43 bits per heavy atom. The first-order chi connectivity index (χ1) is 28.7. The first kappa shape index (κ1) is 34.9. The normalized spacial score (nSPS) is 45.0. The van der Waals surface area contributed by atoms with Crippen molar-refractivity contribution in [3.05, 3.63) is 143 Å². The first-order valence-electron chi connectivity index (χ1n) is 24.0. The van der Waals surface area contributed by atoms with Gasteiger partial charge in [-0.2, -0.15) is 0 Å². The molecule has 0 bridgehead atoms. The smallest absolute Gasteiger partial charge is 0.148 e. The minimum atomic E-state index is 0.108. The van der Waals surface area contributed by atoms with Crippen molar-refractivity contribution in [1.29, 1.82) is 0 Å². The minimum Gasteiger partial charge on any atom is -0.483 e.